The highest BCUT2D eigenvalue weighted by atomic mass is 32.2. The molecule has 0 N–H and O–H groups in total. The van der Waals surface area contributed by atoms with Crippen molar-refractivity contribution in [3.05, 3.63) is 65.5 Å². The maximum atomic E-state index is 14.6. The van der Waals surface area contributed by atoms with E-state index in [0.29, 0.717) is 11.3 Å². The van der Waals surface area contributed by atoms with E-state index in [4.69, 9.17) is 0 Å². The normalized spacial score (nSPS) is 15.4. The number of anilines is 1. The minimum Gasteiger partial charge on any atom is -0.367 e. The van der Waals surface area contributed by atoms with Gasteiger partial charge >= 0.3 is 0 Å². The first kappa shape index (κ1) is 19.6. The van der Waals surface area contributed by atoms with E-state index in [9.17, 15) is 9.18 Å². The molecule has 1 fully saturated rings. The summed E-state index contributed by atoms with van der Waals surface area (Å²) in [6, 6.07) is 12.8. The van der Waals surface area contributed by atoms with Crippen LogP contribution in [0.5, 0.6) is 0 Å². The van der Waals surface area contributed by atoms with Gasteiger partial charge in [-0.25, -0.2) is 4.39 Å². The van der Waals surface area contributed by atoms with E-state index in [0.717, 1.165) is 38.3 Å². The second kappa shape index (κ2) is 9.20. The summed E-state index contributed by atoms with van der Waals surface area (Å²) in [5, 5.41) is 0. The number of rotatable bonds is 6. The molecule has 0 aromatic heterocycles. The first-order chi connectivity index (χ1) is 13.1. The van der Waals surface area contributed by atoms with Gasteiger partial charge in [0.05, 0.1) is 5.69 Å². The topological polar surface area (TPSA) is 23.6 Å². The van der Waals surface area contributed by atoms with Crippen molar-refractivity contribution in [3.63, 3.8) is 0 Å². The van der Waals surface area contributed by atoms with Crippen LogP contribution in [0.2, 0.25) is 0 Å². The van der Waals surface area contributed by atoms with Gasteiger partial charge in [-0.2, -0.15) is 0 Å². The van der Waals surface area contributed by atoms with Gasteiger partial charge in [-0.1, -0.05) is 25.1 Å². The Morgan fingerprint density at radius 3 is 2.41 bits per heavy atom. The zero-order valence-corrected chi connectivity index (χ0v) is 16.6. The molecule has 1 saturated heterocycles. The second-order valence-corrected chi connectivity index (χ2v) is 7.44. The molecule has 27 heavy (non-hydrogen) atoms. The molecule has 0 bridgehead atoms. The summed E-state index contributed by atoms with van der Waals surface area (Å²) in [6.07, 6.45) is 5.29. The van der Waals surface area contributed by atoms with E-state index in [1.165, 1.54) is 17.0 Å². The summed E-state index contributed by atoms with van der Waals surface area (Å²) >= 11 is 1.68. The van der Waals surface area contributed by atoms with E-state index in [1.54, 1.807) is 30.0 Å². The molecule has 3 rings (SSSR count). The van der Waals surface area contributed by atoms with Crippen LogP contribution in [0.1, 0.15) is 22.8 Å². The maximum Gasteiger partial charge on any atom is 0.185 e. The third-order valence-corrected chi connectivity index (χ3v) is 5.68. The Morgan fingerprint density at radius 2 is 1.81 bits per heavy atom. The molecule has 0 spiro atoms. The standard InChI is InChI=1S/C22H25FN2OS/c1-3-24-12-14-25(15-13-24)21-10-7-18(16-20(21)23)22(26)11-6-17-4-8-19(27-2)9-5-17/h4-11,16H,3,12-15H2,1-2H3. The monoisotopic (exact) mass is 384 g/mol. The van der Waals surface area contributed by atoms with Crippen molar-refractivity contribution in [2.24, 2.45) is 0 Å². The van der Waals surface area contributed by atoms with Crippen LogP contribution < -0.4 is 4.90 Å². The summed E-state index contributed by atoms with van der Waals surface area (Å²) in [5.74, 6) is -0.520. The SMILES string of the molecule is CCN1CCN(c2ccc(C(=O)C=Cc3ccc(SC)cc3)cc2F)CC1. The van der Waals surface area contributed by atoms with Crippen molar-refractivity contribution in [1.29, 1.82) is 0 Å². The predicted molar refractivity (Wildman–Crippen MR) is 112 cm³/mol. The van der Waals surface area contributed by atoms with Gasteiger partial charge in [0.15, 0.2) is 5.78 Å². The fourth-order valence-electron chi connectivity index (χ4n) is 3.20. The highest BCUT2D eigenvalue weighted by Crippen LogP contribution is 2.23. The van der Waals surface area contributed by atoms with Crippen LogP contribution in [0.15, 0.2) is 53.4 Å². The average Bonchev–Trinajstić information content (AvgIpc) is 2.72. The fraction of sp³-hybridized carbons (Fsp3) is 0.318. The van der Waals surface area contributed by atoms with E-state index in [-0.39, 0.29) is 11.6 Å². The van der Waals surface area contributed by atoms with E-state index in [1.807, 2.05) is 30.5 Å². The lowest BCUT2D eigenvalue weighted by Crippen LogP contribution is -2.46. The number of likely N-dealkylation sites (N-methyl/N-ethyl adjacent to an activating group) is 1. The summed E-state index contributed by atoms with van der Waals surface area (Å²) in [6.45, 7) is 6.66. The third-order valence-electron chi connectivity index (χ3n) is 4.94. The van der Waals surface area contributed by atoms with Gasteiger partial charge < -0.3 is 9.80 Å². The van der Waals surface area contributed by atoms with Crippen LogP contribution in [0.3, 0.4) is 0 Å². The lowest BCUT2D eigenvalue weighted by atomic mass is 10.1. The van der Waals surface area contributed by atoms with Crippen molar-refractivity contribution >= 4 is 29.3 Å². The molecule has 3 nitrogen and oxygen atoms in total. The second-order valence-electron chi connectivity index (χ2n) is 6.56. The lowest BCUT2D eigenvalue weighted by molar-refractivity contribution is 0.104. The van der Waals surface area contributed by atoms with Gasteiger partial charge in [0.1, 0.15) is 5.82 Å². The van der Waals surface area contributed by atoms with Gasteiger partial charge in [-0.15, -0.1) is 11.8 Å². The third kappa shape index (κ3) is 4.99. The summed E-state index contributed by atoms with van der Waals surface area (Å²) < 4.78 is 14.6. The highest BCUT2D eigenvalue weighted by Gasteiger charge is 2.19. The number of hydrogen-bond acceptors (Lipinski definition) is 4. The van der Waals surface area contributed by atoms with Crippen molar-refractivity contribution in [3.8, 4) is 0 Å². The van der Waals surface area contributed by atoms with Gasteiger partial charge in [0.25, 0.3) is 0 Å². The van der Waals surface area contributed by atoms with Crippen molar-refractivity contribution < 1.29 is 9.18 Å². The summed E-state index contributed by atoms with van der Waals surface area (Å²) in [7, 11) is 0. The number of nitrogens with zero attached hydrogens (tertiary/aromatic N) is 2. The Kier molecular flexibility index (Phi) is 6.69. The van der Waals surface area contributed by atoms with Crippen LogP contribution >= 0.6 is 11.8 Å². The van der Waals surface area contributed by atoms with Crippen LogP contribution in [0.25, 0.3) is 6.08 Å². The zero-order chi connectivity index (χ0) is 19.2. The quantitative estimate of drug-likeness (QED) is 0.413. The van der Waals surface area contributed by atoms with Gasteiger partial charge in [-0.05, 0) is 54.8 Å². The molecule has 0 unspecified atom stereocenters. The number of piperazine rings is 1. The Bertz CT molecular complexity index is 812. The number of carbonyl (C=O) groups is 1. The van der Waals surface area contributed by atoms with Gasteiger partial charge in [0.2, 0.25) is 0 Å². The van der Waals surface area contributed by atoms with Crippen molar-refractivity contribution in [2.45, 2.75) is 11.8 Å². The summed E-state index contributed by atoms with van der Waals surface area (Å²) in [5.41, 5.74) is 1.91. The van der Waals surface area contributed by atoms with Gasteiger partial charge in [0, 0.05) is 36.6 Å². The summed E-state index contributed by atoms with van der Waals surface area (Å²) in [4.78, 5) is 18.0. The van der Waals surface area contributed by atoms with Crippen molar-refractivity contribution in [1.82, 2.24) is 4.90 Å². The molecular formula is C22H25FN2OS. The molecule has 0 amide bonds. The van der Waals surface area contributed by atoms with Crippen LogP contribution in [-0.2, 0) is 0 Å². The first-order valence-corrected chi connectivity index (χ1v) is 10.5. The van der Waals surface area contributed by atoms with E-state index < -0.39 is 0 Å². The number of halogens is 1. The Balaban J connectivity index is 1.67. The molecule has 1 aliphatic rings. The molecule has 0 radical (unpaired) electrons. The van der Waals surface area contributed by atoms with Gasteiger partial charge in [-0.3, -0.25) is 4.79 Å². The van der Waals surface area contributed by atoms with Crippen LogP contribution in [-0.4, -0.2) is 49.7 Å². The highest BCUT2D eigenvalue weighted by molar-refractivity contribution is 7.98. The molecule has 0 atom stereocenters. The van der Waals surface area contributed by atoms with E-state index >= 15 is 0 Å². The number of carbonyl (C=O) groups excluding carboxylic acids is 1. The molecule has 5 heteroatoms. The first-order valence-electron chi connectivity index (χ1n) is 9.24. The molecule has 1 aliphatic heterocycles. The predicted octanol–water partition coefficient (Wildman–Crippen LogP) is 4.59. The molecule has 2 aromatic rings. The fourth-order valence-corrected chi connectivity index (χ4v) is 3.61. The Morgan fingerprint density at radius 1 is 1.11 bits per heavy atom. The molecule has 2 aromatic carbocycles. The number of hydrogen-bond donors (Lipinski definition) is 0. The Hall–Kier alpha value is -2.11. The van der Waals surface area contributed by atoms with Crippen molar-refractivity contribution in [2.75, 3.05) is 43.9 Å². The maximum absolute atomic E-state index is 14.6. The Labute approximate surface area is 164 Å². The van der Waals surface area contributed by atoms with Crippen LogP contribution in [0.4, 0.5) is 10.1 Å². The largest absolute Gasteiger partial charge is 0.367 e. The van der Waals surface area contributed by atoms with Crippen LogP contribution in [0, 0.1) is 5.82 Å². The smallest absolute Gasteiger partial charge is 0.185 e. The average molecular weight is 385 g/mol. The molecular weight excluding hydrogens is 359 g/mol. The lowest BCUT2D eigenvalue weighted by Gasteiger charge is -2.35. The minimum atomic E-state index is -0.330. The number of ketones is 1. The minimum absolute atomic E-state index is 0.190. The molecule has 1 heterocycles. The molecule has 142 valence electrons. The number of allylic oxidation sites excluding steroid dienone is 1. The molecule has 0 saturated carbocycles. The number of benzene rings is 2. The number of thioether (sulfide) groups is 1. The van der Waals surface area contributed by atoms with E-state index in [2.05, 4.69) is 16.7 Å². The zero-order valence-electron chi connectivity index (χ0n) is 15.8. The molecule has 0 aliphatic carbocycles.